The molecule has 1 aromatic heterocycles. The lowest BCUT2D eigenvalue weighted by Gasteiger charge is -2.09. The van der Waals surface area contributed by atoms with Crippen molar-refractivity contribution in [1.29, 1.82) is 0 Å². The third kappa shape index (κ3) is 3.35. The minimum Gasteiger partial charge on any atom is -0.436 e. The molecular weight excluding hydrogens is 354 g/mol. The number of nitrogens with zero attached hydrogens (tertiary/aromatic N) is 2. The maximum atomic E-state index is 13.6. The molecule has 1 heterocycles. The SMILES string of the molecule is CSc1nc(NN)cc(Oc2cc(Br)cc(F)c2F)n1. The van der Waals surface area contributed by atoms with Crippen molar-refractivity contribution in [2.75, 3.05) is 11.7 Å². The highest BCUT2D eigenvalue weighted by Crippen LogP contribution is 2.30. The lowest BCUT2D eigenvalue weighted by molar-refractivity contribution is 0.401. The number of hydrogen-bond acceptors (Lipinski definition) is 6. The predicted octanol–water partition coefficient (Wildman–Crippen LogP) is 3.32. The molecule has 5 nitrogen and oxygen atoms in total. The van der Waals surface area contributed by atoms with Crippen molar-refractivity contribution in [1.82, 2.24) is 9.97 Å². The molecule has 0 unspecified atom stereocenters. The van der Waals surface area contributed by atoms with E-state index in [2.05, 4.69) is 31.3 Å². The highest BCUT2D eigenvalue weighted by atomic mass is 79.9. The molecule has 20 heavy (non-hydrogen) atoms. The molecule has 0 atom stereocenters. The number of nitrogens with one attached hydrogen (secondary N) is 1. The smallest absolute Gasteiger partial charge is 0.225 e. The number of hydrazine groups is 1. The molecule has 9 heteroatoms. The molecule has 106 valence electrons. The molecule has 0 fully saturated rings. The highest BCUT2D eigenvalue weighted by Gasteiger charge is 2.14. The van der Waals surface area contributed by atoms with E-state index in [1.165, 1.54) is 23.9 Å². The average molecular weight is 363 g/mol. The Hall–Kier alpha value is -1.45. The number of aromatic nitrogens is 2. The Labute approximate surface area is 126 Å². The molecule has 0 aliphatic heterocycles. The van der Waals surface area contributed by atoms with E-state index in [-0.39, 0.29) is 11.6 Å². The van der Waals surface area contributed by atoms with Gasteiger partial charge in [-0.1, -0.05) is 27.7 Å². The maximum Gasteiger partial charge on any atom is 0.225 e. The largest absolute Gasteiger partial charge is 0.436 e. The molecule has 2 aromatic rings. The summed E-state index contributed by atoms with van der Waals surface area (Å²) in [6, 6.07) is 3.68. The third-order valence-electron chi connectivity index (χ3n) is 2.19. The molecule has 0 amide bonds. The Balaban J connectivity index is 2.39. The van der Waals surface area contributed by atoms with E-state index < -0.39 is 11.6 Å². The zero-order valence-electron chi connectivity index (χ0n) is 10.2. The lowest BCUT2D eigenvalue weighted by Crippen LogP contribution is -2.09. The van der Waals surface area contributed by atoms with Gasteiger partial charge >= 0.3 is 0 Å². The number of thioether (sulfide) groups is 1. The molecule has 1 aromatic carbocycles. The van der Waals surface area contributed by atoms with Crippen LogP contribution in [0, 0.1) is 11.6 Å². The van der Waals surface area contributed by atoms with Crippen LogP contribution in [0.15, 0.2) is 27.8 Å². The minimum absolute atomic E-state index is 0.0497. The van der Waals surface area contributed by atoms with Crippen LogP contribution in [-0.4, -0.2) is 16.2 Å². The van der Waals surface area contributed by atoms with Gasteiger partial charge in [-0.15, -0.1) is 0 Å². The van der Waals surface area contributed by atoms with Gasteiger partial charge in [0.1, 0.15) is 5.82 Å². The van der Waals surface area contributed by atoms with Crippen LogP contribution < -0.4 is 16.0 Å². The summed E-state index contributed by atoms with van der Waals surface area (Å²) in [4.78, 5) is 8.05. The molecule has 3 N–H and O–H groups in total. The molecular formula is C11H9BrF2N4OS. The van der Waals surface area contributed by atoms with Gasteiger partial charge in [0.05, 0.1) is 0 Å². The van der Waals surface area contributed by atoms with Crippen LogP contribution in [-0.2, 0) is 0 Å². The van der Waals surface area contributed by atoms with Crippen molar-refractivity contribution >= 4 is 33.5 Å². The van der Waals surface area contributed by atoms with Crippen LogP contribution in [0.1, 0.15) is 0 Å². The molecule has 0 saturated carbocycles. The number of ether oxygens (including phenoxy) is 1. The standard InChI is InChI=1S/C11H9BrF2N4OS/c1-20-11-16-8(18-15)4-9(17-11)19-7-3-5(12)2-6(13)10(7)14/h2-4H,15H2,1H3,(H,16,17,18). The fraction of sp³-hybridized carbons (Fsp3) is 0.0909. The molecule has 0 bridgehead atoms. The molecule has 0 aliphatic rings. The van der Waals surface area contributed by atoms with Gasteiger partial charge in [-0.05, 0) is 18.4 Å². The van der Waals surface area contributed by atoms with Crippen molar-refractivity contribution in [3.8, 4) is 11.6 Å². The first-order valence-corrected chi connectivity index (χ1v) is 7.27. The third-order valence-corrected chi connectivity index (χ3v) is 3.19. The number of nitrogen functional groups attached to an aromatic ring is 1. The fourth-order valence-electron chi connectivity index (χ4n) is 1.34. The van der Waals surface area contributed by atoms with Gasteiger partial charge in [0, 0.05) is 10.5 Å². The van der Waals surface area contributed by atoms with Crippen LogP contribution in [0.2, 0.25) is 0 Å². The van der Waals surface area contributed by atoms with Gasteiger partial charge in [0.2, 0.25) is 11.7 Å². The van der Waals surface area contributed by atoms with Gasteiger partial charge in [0.25, 0.3) is 0 Å². The van der Waals surface area contributed by atoms with E-state index in [1.54, 1.807) is 6.26 Å². The number of halogens is 3. The van der Waals surface area contributed by atoms with E-state index in [0.717, 1.165) is 6.07 Å². The summed E-state index contributed by atoms with van der Waals surface area (Å²) in [6.45, 7) is 0. The summed E-state index contributed by atoms with van der Waals surface area (Å²) >= 11 is 4.32. The van der Waals surface area contributed by atoms with Crippen molar-refractivity contribution in [2.45, 2.75) is 5.16 Å². The molecule has 2 rings (SSSR count). The van der Waals surface area contributed by atoms with Gasteiger partial charge in [-0.2, -0.15) is 9.37 Å². The van der Waals surface area contributed by atoms with Crippen LogP contribution in [0.25, 0.3) is 0 Å². The first kappa shape index (κ1) is 14.9. The number of rotatable bonds is 4. The van der Waals surface area contributed by atoms with Crippen LogP contribution in [0.4, 0.5) is 14.6 Å². The topological polar surface area (TPSA) is 73.1 Å². The Kier molecular flexibility index (Phi) is 4.73. The number of hydrogen-bond donors (Lipinski definition) is 2. The molecule has 0 aliphatic carbocycles. The second-order valence-corrected chi connectivity index (χ2v) is 5.21. The van der Waals surface area contributed by atoms with E-state index in [4.69, 9.17) is 10.6 Å². The first-order chi connectivity index (χ1) is 9.53. The highest BCUT2D eigenvalue weighted by molar-refractivity contribution is 9.10. The number of anilines is 1. The first-order valence-electron chi connectivity index (χ1n) is 5.25. The van der Waals surface area contributed by atoms with Crippen LogP contribution >= 0.6 is 27.7 Å². The van der Waals surface area contributed by atoms with Crippen molar-refractivity contribution in [3.63, 3.8) is 0 Å². The van der Waals surface area contributed by atoms with E-state index in [1.807, 2.05) is 0 Å². The fourth-order valence-corrected chi connectivity index (χ4v) is 2.12. The zero-order valence-corrected chi connectivity index (χ0v) is 12.6. The van der Waals surface area contributed by atoms with E-state index in [0.29, 0.717) is 15.4 Å². The molecule has 0 radical (unpaired) electrons. The average Bonchev–Trinajstić information content (AvgIpc) is 2.43. The molecule has 0 saturated heterocycles. The minimum atomic E-state index is -1.10. The van der Waals surface area contributed by atoms with E-state index in [9.17, 15) is 8.78 Å². The summed E-state index contributed by atoms with van der Waals surface area (Å²) in [5, 5.41) is 0.381. The van der Waals surface area contributed by atoms with E-state index >= 15 is 0 Å². The number of nitrogens with two attached hydrogens (primary N) is 1. The Bertz CT molecular complexity index is 622. The summed E-state index contributed by atoms with van der Waals surface area (Å²) in [5.74, 6) is 3.21. The van der Waals surface area contributed by atoms with Gasteiger partial charge in [-0.3, -0.25) is 0 Å². The van der Waals surface area contributed by atoms with Crippen molar-refractivity contribution in [2.24, 2.45) is 5.84 Å². The summed E-state index contributed by atoms with van der Waals surface area (Å²) < 4.78 is 32.5. The summed E-state index contributed by atoms with van der Waals surface area (Å²) in [7, 11) is 0. The summed E-state index contributed by atoms with van der Waals surface area (Å²) in [5.41, 5.74) is 2.34. The van der Waals surface area contributed by atoms with Crippen molar-refractivity contribution in [3.05, 3.63) is 34.3 Å². The Morgan fingerprint density at radius 3 is 2.70 bits per heavy atom. The lowest BCUT2D eigenvalue weighted by atomic mass is 10.3. The second-order valence-electron chi connectivity index (χ2n) is 3.52. The van der Waals surface area contributed by atoms with Crippen LogP contribution in [0.3, 0.4) is 0 Å². The number of benzene rings is 1. The van der Waals surface area contributed by atoms with Gasteiger partial charge in [0.15, 0.2) is 16.7 Å². The monoisotopic (exact) mass is 362 g/mol. The zero-order chi connectivity index (χ0) is 14.7. The quantitative estimate of drug-likeness (QED) is 0.286. The Morgan fingerprint density at radius 1 is 1.30 bits per heavy atom. The second kappa shape index (κ2) is 6.33. The van der Waals surface area contributed by atoms with Crippen LogP contribution in [0.5, 0.6) is 11.6 Å². The predicted molar refractivity (Wildman–Crippen MR) is 75.8 cm³/mol. The summed E-state index contributed by atoms with van der Waals surface area (Å²) in [6.07, 6.45) is 1.76. The van der Waals surface area contributed by atoms with Gasteiger partial charge < -0.3 is 10.2 Å². The van der Waals surface area contributed by atoms with Crippen molar-refractivity contribution < 1.29 is 13.5 Å². The normalized spacial score (nSPS) is 10.4. The molecule has 0 spiro atoms. The maximum absolute atomic E-state index is 13.6. The Morgan fingerprint density at radius 2 is 2.05 bits per heavy atom. The van der Waals surface area contributed by atoms with Gasteiger partial charge in [-0.25, -0.2) is 15.2 Å².